The summed E-state index contributed by atoms with van der Waals surface area (Å²) in [4.78, 5) is 16.6. The van der Waals surface area contributed by atoms with E-state index < -0.39 is 0 Å². The largest absolute Gasteiger partial charge is 0.321 e. The van der Waals surface area contributed by atoms with Gasteiger partial charge in [0.05, 0.1) is 0 Å². The average molecular weight is 278 g/mol. The van der Waals surface area contributed by atoms with Crippen molar-refractivity contribution >= 4 is 28.2 Å². The minimum Gasteiger partial charge on any atom is -0.321 e. The van der Waals surface area contributed by atoms with Gasteiger partial charge >= 0.3 is 0 Å². The lowest BCUT2D eigenvalue weighted by Gasteiger charge is -2.09. The summed E-state index contributed by atoms with van der Waals surface area (Å²) in [5, 5.41) is 4.58. The van der Waals surface area contributed by atoms with E-state index in [4.69, 9.17) is 5.84 Å². The quantitative estimate of drug-likeness (QED) is 0.508. The number of carbonyl (C=O) groups excluding carboxylic acids is 1. The number of pyridine rings is 1. The van der Waals surface area contributed by atoms with Crippen LogP contribution in [0.3, 0.4) is 0 Å². The topological polar surface area (TPSA) is 80.0 Å². The smallest absolute Gasteiger partial charge is 0.274 e. The zero-order valence-electron chi connectivity index (χ0n) is 11.2. The van der Waals surface area contributed by atoms with E-state index in [-0.39, 0.29) is 5.91 Å². The molecule has 104 valence electrons. The van der Waals surface area contributed by atoms with Crippen LogP contribution >= 0.6 is 0 Å². The second kappa shape index (κ2) is 5.60. The fourth-order valence-electron chi connectivity index (χ4n) is 2.14. The van der Waals surface area contributed by atoms with Gasteiger partial charge < -0.3 is 10.7 Å². The molecule has 0 atom stereocenters. The van der Waals surface area contributed by atoms with Gasteiger partial charge in [0.1, 0.15) is 11.5 Å². The lowest BCUT2D eigenvalue weighted by molar-refractivity contribution is 0.102. The van der Waals surface area contributed by atoms with E-state index in [0.717, 1.165) is 16.5 Å². The molecule has 0 aliphatic heterocycles. The molecule has 5 heteroatoms. The summed E-state index contributed by atoms with van der Waals surface area (Å²) in [6.45, 7) is 0. The molecular formula is C16H14N4O. The molecule has 4 N–H and O–H groups in total. The number of hydrogen-bond acceptors (Lipinski definition) is 4. The van der Waals surface area contributed by atoms with Crippen LogP contribution in [-0.4, -0.2) is 10.9 Å². The summed E-state index contributed by atoms with van der Waals surface area (Å²) in [5.41, 5.74) is 3.57. The summed E-state index contributed by atoms with van der Waals surface area (Å²) >= 11 is 0. The fourth-order valence-corrected chi connectivity index (χ4v) is 2.14. The van der Waals surface area contributed by atoms with E-state index >= 15 is 0 Å². The third kappa shape index (κ3) is 2.68. The van der Waals surface area contributed by atoms with E-state index in [1.807, 2.05) is 54.6 Å². The molecule has 1 amide bonds. The van der Waals surface area contributed by atoms with Gasteiger partial charge in [-0.3, -0.25) is 4.79 Å². The maximum absolute atomic E-state index is 12.3. The minimum absolute atomic E-state index is 0.275. The number of amides is 1. The lowest BCUT2D eigenvalue weighted by atomic mass is 10.1. The van der Waals surface area contributed by atoms with Crippen molar-refractivity contribution in [2.75, 3.05) is 10.7 Å². The molecule has 0 saturated carbocycles. The van der Waals surface area contributed by atoms with Gasteiger partial charge in [-0.2, -0.15) is 0 Å². The molecule has 21 heavy (non-hydrogen) atoms. The first kappa shape index (κ1) is 13.1. The number of carbonyl (C=O) groups is 1. The number of fused-ring (bicyclic) bond motifs is 1. The Hall–Kier alpha value is -2.92. The summed E-state index contributed by atoms with van der Waals surface area (Å²) in [5.74, 6) is 5.70. The Kier molecular flexibility index (Phi) is 3.49. The molecule has 0 fully saturated rings. The van der Waals surface area contributed by atoms with Crippen LogP contribution in [0.25, 0.3) is 10.8 Å². The highest BCUT2D eigenvalue weighted by atomic mass is 16.1. The lowest BCUT2D eigenvalue weighted by Crippen LogP contribution is -2.16. The van der Waals surface area contributed by atoms with Crippen molar-refractivity contribution in [3.63, 3.8) is 0 Å². The van der Waals surface area contributed by atoms with Crippen LogP contribution in [0, 0.1) is 0 Å². The van der Waals surface area contributed by atoms with E-state index in [9.17, 15) is 4.79 Å². The van der Waals surface area contributed by atoms with E-state index in [1.165, 1.54) is 0 Å². The highest BCUT2D eigenvalue weighted by Gasteiger charge is 2.11. The zero-order valence-corrected chi connectivity index (χ0v) is 11.2. The zero-order chi connectivity index (χ0) is 14.7. The Morgan fingerprint density at radius 1 is 1.00 bits per heavy atom. The van der Waals surface area contributed by atoms with Crippen LogP contribution in [0.4, 0.5) is 11.5 Å². The van der Waals surface area contributed by atoms with Gasteiger partial charge in [-0.1, -0.05) is 42.5 Å². The molecule has 1 heterocycles. The Balaban J connectivity index is 1.98. The molecule has 3 rings (SSSR count). The number of nitrogen functional groups attached to an aromatic ring is 1. The summed E-state index contributed by atoms with van der Waals surface area (Å²) in [7, 11) is 0. The third-order valence-electron chi connectivity index (χ3n) is 3.14. The molecule has 0 aliphatic carbocycles. The molecule has 2 aromatic carbocycles. The van der Waals surface area contributed by atoms with Crippen molar-refractivity contribution in [1.82, 2.24) is 4.98 Å². The van der Waals surface area contributed by atoms with Crippen LogP contribution < -0.4 is 16.6 Å². The maximum Gasteiger partial charge on any atom is 0.274 e. The maximum atomic E-state index is 12.3. The number of benzene rings is 2. The second-order valence-corrected chi connectivity index (χ2v) is 4.54. The summed E-state index contributed by atoms with van der Waals surface area (Å²) < 4.78 is 0. The standard InChI is InChI=1S/C16H14N4O/c17-20-15-13-9-5-4-6-11(13)10-14(19-15)16(21)18-12-7-2-1-3-8-12/h1-10H,17H2,(H,18,21)(H,19,20). The van der Waals surface area contributed by atoms with E-state index in [2.05, 4.69) is 15.7 Å². The van der Waals surface area contributed by atoms with Crippen molar-refractivity contribution in [2.45, 2.75) is 0 Å². The molecule has 1 aromatic heterocycles. The molecule has 3 aromatic rings. The van der Waals surface area contributed by atoms with Crippen LogP contribution in [-0.2, 0) is 0 Å². The van der Waals surface area contributed by atoms with E-state index in [0.29, 0.717) is 11.5 Å². The third-order valence-corrected chi connectivity index (χ3v) is 3.14. The van der Waals surface area contributed by atoms with Gasteiger partial charge in [-0.05, 0) is 23.6 Å². The Labute approximate surface area is 121 Å². The summed E-state index contributed by atoms with van der Waals surface area (Å²) in [6.07, 6.45) is 0. The van der Waals surface area contributed by atoms with Gasteiger partial charge in [-0.25, -0.2) is 10.8 Å². The number of para-hydroxylation sites is 1. The SMILES string of the molecule is NNc1nc(C(=O)Nc2ccccc2)cc2ccccc12. The first-order chi connectivity index (χ1) is 10.3. The number of hydrazine groups is 1. The van der Waals surface area contributed by atoms with Crippen molar-refractivity contribution in [2.24, 2.45) is 5.84 Å². The van der Waals surface area contributed by atoms with Crippen LogP contribution in [0.2, 0.25) is 0 Å². The number of hydrogen-bond donors (Lipinski definition) is 3. The van der Waals surface area contributed by atoms with Gasteiger partial charge in [0, 0.05) is 11.1 Å². The van der Waals surface area contributed by atoms with Crippen molar-refractivity contribution < 1.29 is 4.79 Å². The van der Waals surface area contributed by atoms with Crippen molar-refractivity contribution in [3.8, 4) is 0 Å². The number of nitrogens with zero attached hydrogens (tertiary/aromatic N) is 1. The van der Waals surface area contributed by atoms with Gasteiger partial charge in [0.2, 0.25) is 0 Å². The van der Waals surface area contributed by atoms with E-state index in [1.54, 1.807) is 6.07 Å². The summed E-state index contributed by atoms with van der Waals surface area (Å²) in [6, 6.07) is 18.6. The normalized spacial score (nSPS) is 10.3. The molecule has 0 radical (unpaired) electrons. The van der Waals surface area contributed by atoms with Crippen LogP contribution in [0.5, 0.6) is 0 Å². The van der Waals surface area contributed by atoms with Gasteiger partial charge in [0.15, 0.2) is 0 Å². The number of nitrogens with one attached hydrogen (secondary N) is 2. The number of rotatable bonds is 3. The monoisotopic (exact) mass is 278 g/mol. The minimum atomic E-state index is -0.275. The van der Waals surface area contributed by atoms with Gasteiger partial charge in [0.25, 0.3) is 5.91 Å². The van der Waals surface area contributed by atoms with Crippen molar-refractivity contribution in [3.05, 3.63) is 66.4 Å². The van der Waals surface area contributed by atoms with Crippen molar-refractivity contribution in [1.29, 1.82) is 0 Å². The second-order valence-electron chi connectivity index (χ2n) is 4.54. The molecule has 0 spiro atoms. The molecule has 0 unspecified atom stereocenters. The predicted octanol–water partition coefficient (Wildman–Crippen LogP) is 2.77. The van der Waals surface area contributed by atoms with Gasteiger partial charge in [-0.15, -0.1) is 0 Å². The highest BCUT2D eigenvalue weighted by Crippen LogP contribution is 2.22. The average Bonchev–Trinajstić information content (AvgIpc) is 2.54. The highest BCUT2D eigenvalue weighted by molar-refractivity contribution is 6.06. The Bertz CT molecular complexity index is 787. The molecule has 0 saturated heterocycles. The van der Waals surface area contributed by atoms with Crippen LogP contribution in [0.1, 0.15) is 10.5 Å². The predicted molar refractivity (Wildman–Crippen MR) is 83.9 cm³/mol. The van der Waals surface area contributed by atoms with Crippen LogP contribution in [0.15, 0.2) is 60.7 Å². The Morgan fingerprint density at radius 3 is 2.48 bits per heavy atom. The number of nitrogens with two attached hydrogens (primary N) is 1. The number of anilines is 2. The first-order valence-corrected chi connectivity index (χ1v) is 6.51. The first-order valence-electron chi connectivity index (χ1n) is 6.51. The molecule has 0 aliphatic rings. The number of aromatic nitrogens is 1. The Morgan fingerprint density at radius 2 is 1.71 bits per heavy atom. The molecule has 0 bridgehead atoms. The molecule has 5 nitrogen and oxygen atoms in total. The molecular weight excluding hydrogens is 264 g/mol. The fraction of sp³-hybridized carbons (Fsp3) is 0.